The first-order chi connectivity index (χ1) is 15.4. The minimum Gasteiger partial charge on any atom is -0.483 e. The number of amides is 1. The summed E-state index contributed by atoms with van der Waals surface area (Å²) in [6, 6.07) is 15.5. The van der Waals surface area contributed by atoms with E-state index in [1.165, 1.54) is 10.1 Å². The summed E-state index contributed by atoms with van der Waals surface area (Å²) < 4.78 is 1.20. The molecule has 2 N–H and O–H groups in total. The predicted octanol–water partition coefficient (Wildman–Crippen LogP) is 4.51. The summed E-state index contributed by atoms with van der Waals surface area (Å²) in [6.45, 7) is 3.79. The molecule has 0 radical (unpaired) electrons. The van der Waals surface area contributed by atoms with Gasteiger partial charge in [-0.25, -0.2) is 0 Å². The first kappa shape index (κ1) is 24.5. The quantitative estimate of drug-likeness (QED) is 0.511. The van der Waals surface area contributed by atoms with E-state index < -0.39 is 0 Å². The molecule has 3 aromatic rings. The smallest absolute Gasteiger partial charge is 0.290 e. The zero-order valence-corrected chi connectivity index (χ0v) is 20.0. The first-order valence-electron chi connectivity index (χ1n) is 10.1. The van der Waals surface area contributed by atoms with E-state index in [2.05, 4.69) is 40.4 Å². The van der Waals surface area contributed by atoms with Gasteiger partial charge >= 0.3 is 0 Å². The van der Waals surface area contributed by atoms with E-state index in [-0.39, 0.29) is 18.4 Å². The fourth-order valence-electron chi connectivity index (χ4n) is 3.69. The predicted molar refractivity (Wildman–Crippen MR) is 131 cm³/mol. The molecule has 4 rings (SSSR count). The molecule has 1 unspecified atom stereocenters. The Bertz CT molecular complexity index is 1010. The molecule has 170 valence electrons. The highest BCUT2D eigenvalue weighted by Gasteiger charge is 2.31. The van der Waals surface area contributed by atoms with Crippen LogP contribution in [0.3, 0.4) is 0 Å². The molecular formula is C23H25Cl2N3O3S. The van der Waals surface area contributed by atoms with Crippen LogP contribution in [-0.4, -0.2) is 60.5 Å². The number of carbonyl (C=O) groups excluding carboxylic acids is 1. The lowest BCUT2D eigenvalue weighted by atomic mass is 10.1. The van der Waals surface area contributed by atoms with Gasteiger partial charge in [-0.2, -0.15) is 0 Å². The molecule has 32 heavy (non-hydrogen) atoms. The molecule has 0 aliphatic carbocycles. The van der Waals surface area contributed by atoms with E-state index in [4.69, 9.17) is 33.1 Å². The molecule has 1 aliphatic heterocycles. The number of nitrogens with one attached hydrogen (secondary N) is 1. The summed E-state index contributed by atoms with van der Waals surface area (Å²) in [5, 5.41) is 12.3. The van der Waals surface area contributed by atoms with Crippen LogP contribution >= 0.6 is 34.5 Å². The summed E-state index contributed by atoms with van der Waals surface area (Å²) in [5.41, 5.74) is 0.893. The number of carboxylic acid groups (broad SMARTS) is 1. The van der Waals surface area contributed by atoms with Gasteiger partial charge in [-0.05, 0) is 48.3 Å². The number of carbonyl (C=O) groups is 2. The van der Waals surface area contributed by atoms with E-state index in [1.54, 1.807) is 17.4 Å². The lowest BCUT2D eigenvalue weighted by Crippen LogP contribution is -2.49. The number of piperazine rings is 1. The second-order valence-corrected chi connectivity index (χ2v) is 9.52. The SMILES string of the molecule is CN1CCN(C(C(=O)NCc2cc(Cl)cc(Cl)c2)c2cc3ccccc3s2)CC1.O=CO. The maximum atomic E-state index is 13.3. The van der Waals surface area contributed by atoms with E-state index in [0.717, 1.165) is 36.6 Å². The van der Waals surface area contributed by atoms with Gasteiger partial charge in [0.2, 0.25) is 5.91 Å². The van der Waals surface area contributed by atoms with Gasteiger partial charge in [0.1, 0.15) is 6.04 Å². The molecule has 1 atom stereocenters. The number of thiophene rings is 1. The van der Waals surface area contributed by atoms with Crippen molar-refractivity contribution in [3.8, 4) is 0 Å². The molecule has 0 saturated carbocycles. The summed E-state index contributed by atoms with van der Waals surface area (Å²) in [5.74, 6) is 0.0113. The number of hydrogen-bond acceptors (Lipinski definition) is 5. The normalized spacial score (nSPS) is 15.6. The van der Waals surface area contributed by atoms with Crippen LogP contribution in [0, 0.1) is 0 Å². The maximum absolute atomic E-state index is 13.3. The van der Waals surface area contributed by atoms with E-state index in [9.17, 15) is 4.79 Å². The van der Waals surface area contributed by atoms with Crippen LogP contribution in [0.25, 0.3) is 10.1 Å². The van der Waals surface area contributed by atoms with E-state index >= 15 is 0 Å². The number of fused-ring (bicyclic) bond motifs is 1. The molecule has 1 aliphatic rings. The summed E-state index contributed by atoms with van der Waals surface area (Å²) in [6.07, 6.45) is 0. The van der Waals surface area contributed by atoms with Crippen molar-refractivity contribution in [3.05, 3.63) is 69.0 Å². The first-order valence-corrected chi connectivity index (χ1v) is 11.7. The third-order valence-corrected chi connectivity index (χ3v) is 6.86. The van der Waals surface area contributed by atoms with Crippen molar-refractivity contribution >= 4 is 57.0 Å². The third kappa shape index (κ3) is 6.43. The molecule has 0 bridgehead atoms. The Kier molecular flexibility index (Phi) is 8.90. The maximum Gasteiger partial charge on any atom is 0.290 e. The number of benzene rings is 2. The fourth-order valence-corrected chi connectivity index (χ4v) is 5.46. The second-order valence-electron chi connectivity index (χ2n) is 7.53. The fraction of sp³-hybridized carbons (Fsp3) is 0.304. The Morgan fingerprint density at radius 3 is 2.38 bits per heavy atom. The lowest BCUT2D eigenvalue weighted by molar-refractivity contribution is -0.127. The number of likely N-dealkylation sites (N-methyl/N-ethyl adjacent to an activating group) is 1. The molecule has 9 heteroatoms. The van der Waals surface area contributed by atoms with Crippen molar-refractivity contribution in [2.75, 3.05) is 33.2 Å². The van der Waals surface area contributed by atoms with Gasteiger partial charge in [0.05, 0.1) is 0 Å². The van der Waals surface area contributed by atoms with Crippen LogP contribution in [0.2, 0.25) is 10.0 Å². The summed E-state index contributed by atoms with van der Waals surface area (Å²) in [4.78, 5) is 27.3. The Balaban J connectivity index is 0.000000913. The molecule has 1 saturated heterocycles. The highest BCUT2D eigenvalue weighted by Crippen LogP contribution is 2.33. The van der Waals surface area contributed by atoms with Crippen LogP contribution in [0.15, 0.2) is 48.5 Å². The van der Waals surface area contributed by atoms with Crippen LogP contribution in [0.5, 0.6) is 0 Å². The van der Waals surface area contributed by atoms with Crippen LogP contribution in [-0.2, 0) is 16.1 Å². The largest absolute Gasteiger partial charge is 0.483 e. The third-order valence-electron chi connectivity index (χ3n) is 5.25. The lowest BCUT2D eigenvalue weighted by Gasteiger charge is -2.36. The van der Waals surface area contributed by atoms with Gasteiger partial charge in [0.15, 0.2) is 0 Å². The second kappa shape index (κ2) is 11.6. The van der Waals surface area contributed by atoms with Gasteiger partial charge in [0.25, 0.3) is 6.47 Å². The molecular weight excluding hydrogens is 469 g/mol. The van der Waals surface area contributed by atoms with E-state index in [1.807, 2.05) is 24.3 Å². The average molecular weight is 494 g/mol. The van der Waals surface area contributed by atoms with Crippen molar-refractivity contribution in [1.82, 2.24) is 15.1 Å². The average Bonchev–Trinajstić information content (AvgIpc) is 3.17. The Hall–Kier alpha value is -2.16. The minimum absolute atomic E-state index is 0.0113. The Labute approximate surface area is 201 Å². The monoisotopic (exact) mass is 493 g/mol. The van der Waals surface area contributed by atoms with Crippen molar-refractivity contribution < 1.29 is 14.7 Å². The number of hydrogen-bond donors (Lipinski definition) is 2. The zero-order chi connectivity index (χ0) is 23.1. The van der Waals surface area contributed by atoms with E-state index in [0.29, 0.717) is 16.6 Å². The molecule has 0 spiro atoms. The van der Waals surface area contributed by atoms with Crippen molar-refractivity contribution in [1.29, 1.82) is 0 Å². The summed E-state index contributed by atoms with van der Waals surface area (Å²) in [7, 11) is 2.12. The zero-order valence-electron chi connectivity index (χ0n) is 17.6. The molecule has 1 fully saturated rings. The van der Waals surface area contributed by atoms with Gasteiger partial charge < -0.3 is 15.3 Å². The molecule has 2 aromatic carbocycles. The van der Waals surface area contributed by atoms with Crippen molar-refractivity contribution in [2.24, 2.45) is 0 Å². The molecule has 6 nitrogen and oxygen atoms in total. The molecule has 1 amide bonds. The Morgan fingerprint density at radius 1 is 1.12 bits per heavy atom. The number of nitrogens with zero attached hydrogens (tertiary/aromatic N) is 2. The molecule has 2 heterocycles. The van der Waals surface area contributed by atoms with Gasteiger partial charge in [-0.15, -0.1) is 11.3 Å². The highest BCUT2D eigenvalue weighted by molar-refractivity contribution is 7.19. The van der Waals surface area contributed by atoms with Crippen LogP contribution < -0.4 is 5.32 Å². The standard InChI is InChI=1S/C22H23Cl2N3OS.CH2O2/c1-26-6-8-27(9-7-26)21(20-12-16-4-2-3-5-19(16)29-20)22(28)25-14-15-10-17(23)13-18(24)11-15;2-1-3/h2-5,10-13,21H,6-9,14H2,1H3,(H,25,28);1H,(H,2,3). The summed E-state index contributed by atoms with van der Waals surface area (Å²) >= 11 is 13.9. The van der Waals surface area contributed by atoms with Crippen LogP contribution in [0.4, 0.5) is 0 Å². The minimum atomic E-state index is -0.296. The molecule has 1 aromatic heterocycles. The van der Waals surface area contributed by atoms with Crippen LogP contribution in [0.1, 0.15) is 16.5 Å². The highest BCUT2D eigenvalue weighted by atomic mass is 35.5. The van der Waals surface area contributed by atoms with Gasteiger partial charge in [-0.3, -0.25) is 14.5 Å². The van der Waals surface area contributed by atoms with Gasteiger partial charge in [-0.1, -0.05) is 41.4 Å². The van der Waals surface area contributed by atoms with Crippen molar-refractivity contribution in [2.45, 2.75) is 12.6 Å². The van der Waals surface area contributed by atoms with Crippen molar-refractivity contribution in [3.63, 3.8) is 0 Å². The topological polar surface area (TPSA) is 72.9 Å². The van der Waals surface area contributed by atoms with Gasteiger partial charge in [0, 0.05) is 52.3 Å². The Morgan fingerprint density at radius 2 is 1.75 bits per heavy atom. The number of rotatable bonds is 5. The number of halogens is 2.